The number of hydrogen-bond acceptors (Lipinski definition) is 5. The summed E-state index contributed by atoms with van der Waals surface area (Å²) in [6.45, 7) is 9.20. The minimum absolute atomic E-state index is 0.00644. The minimum Gasteiger partial charge on any atom is -0.361 e. The highest BCUT2D eigenvalue weighted by Gasteiger charge is 2.39. The van der Waals surface area contributed by atoms with Crippen LogP contribution >= 0.6 is 0 Å². The van der Waals surface area contributed by atoms with Crippen LogP contribution in [0.4, 0.5) is 0 Å². The molecular formula is C19H24N4O4. The van der Waals surface area contributed by atoms with E-state index in [0.29, 0.717) is 37.5 Å². The van der Waals surface area contributed by atoms with E-state index in [9.17, 15) is 14.4 Å². The van der Waals surface area contributed by atoms with E-state index in [2.05, 4.69) is 10.1 Å². The molecule has 1 aliphatic heterocycles. The van der Waals surface area contributed by atoms with Gasteiger partial charge < -0.3 is 19.3 Å². The van der Waals surface area contributed by atoms with Crippen LogP contribution in [0.25, 0.3) is 0 Å². The normalized spacial score (nSPS) is 15.1. The summed E-state index contributed by atoms with van der Waals surface area (Å²) in [5.74, 6) is 0.495. The van der Waals surface area contributed by atoms with Crippen molar-refractivity contribution in [3.63, 3.8) is 0 Å². The van der Waals surface area contributed by atoms with Crippen molar-refractivity contribution in [2.24, 2.45) is 0 Å². The number of aromatic amines is 1. The van der Waals surface area contributed by atoms with Crippen molar-refractivity contribution in [1.29, 1.82) is 0 Å². The third-order valence-corrected chi connectivity index (χ3v) is 5.08. The number of aromatic nitrogens is 2. The monoisotopic (exact) mass is 372 g/mol. The van der Waals surface area contributed by atoms with E-state index < -0.39 is 5.41 Å². The molecule has 0 saturated carbocycles. The Bertz CT molecular complexity index is 880. The zero-order chi connectivity index (χ0) is 19.8. The molecule has 2 aromatic heterocycles. The van der Waals surface area contributed by atoms with E-state index in [1.54, 1.807) is 9.80 Å². The van der Waals surface area contributed by atoms with E-state index >= 15 is 0 Å². The van der Waals surface area contributed by atoms with Crippen molar-refractivity contribution >= 4 is 11.8 Å². The van der Waals surface area contributed by atoms with Crippen molar-refractivity contribution in [3.8, 4) is 0 Å². The molecule has 27 heavy (non-hydrogen) atoms. The average Bonchev–Trinajstić information content (AvgIpc) is 3.00. The fraction of sp³-hybridized carbons (Fsp3) is 0.474. The number of carbonyl (C=O) groups is 2. The van der Waals surface area contributed by atoms with E-state index in [0.717, 1.165) is 11.3 Å². The van der Waals surface area contributed by atoms with Gasteiger partial charge in [0.1, 0.15) is 5.76 Å². The van der Waals surface area contributed by atoms with Crippen LogP contribution in [-0.2, 0) is 10.2 Å². The van der Waals surface area contributed by atoms with Crippen molar-refractivity contribution in [1.82, 2.24) is 19.9 Å². The molecule has 8 nitrogen and oxygen atoms in total. The van der Waals surface area contributed by atoms with E-state index in [1.807, 2.05) is 27.7 Å². The number of amides is 2. The zero-order valence-electron chi connectivity index (χ0n) is 16.0. The summed E-state index contributed by atoms with van der Waals surface area (Å²) in [7, 11) is 0. The molecule has 144 valence electrons. The van der Waals surface area contributed by atoms with Crippen LogP contribution in [0, 0.1) is 13.8 Å². The van der Waals surface area contributed by atoms with Gasteiger partial charge in [-0.15, -0.1) is 0 Å². The Morgan fingerprint density at radius 2 is 1.74 bits per heavy atom. The smallest absolute Gasteiger partial charge is 0.255 e. The molecule has 2 aromatic rings. The van der Waals surface area contributed by atoms with Gasteiger partial charge >= 0.3 is 0 Å². The second kappa shape index (κ2) is 7.02. The number of aryl methyl sites for hydroxylation is 2. The molecule has 8 heteroatoms. The van der Waals surface area contributed by atoms with Crippen LogP contribution in [0.15, 0.2) is 27.6 Å². The zero-order valence-corrected chi connectivity index (χ0v) is 16.0. The number of carbonyl (C=O) groups excluding carboxylic acids is 2. The third kappa shape index (κ3) is 3.51. The lowest BCUT2D eigenvalue weighted by Crippen LogP contribution is -2.54. The van der Waals surface area contributed by atoms with Crippen LogP contribution in [-0.4, -0.2) is 57.9 Å². The predicted octanol–water partition coefficient (Wildman–Crippen LogP) is 1.24. The Kier molecular flexibility index (Phi) is 4.91. The molecule has 0 aliphatic carbocycles. The predicted molar refractivity (Wildman–Crippen MR) is 98.5 cm³/mol. The van der Waals surface area contributed by atoms with Crippen LogP contribution in [0.3, 0.4) is 0 Å². The summed E-state index contributed by atoms with van der Waals surface area (Å²) in [6, 6.07) is 2.85. The van der Waals surface area contributed by atoms with Crippen molar-refractivity contribution in [2.75, 3.05) is 26.2 Å². The number of piperazine rings is 1. The van der Waals surface area contributed by atoms with Gasteiger partial charge in [0.25, 0.3) is 5.91 Å². The van der Waals surface area contributed by atoms with Gasteiger partial charge in [0, 0.05) is 44.0 Å². The highest BCUT2D eigenvalue weighted by atomic mass is 16.5. The topological polar surface area (TPSA) is 99.5 Å². The molecule has 1 N–H and O–H groups in total. The summed E-state index contributed by atoms with van der Waals surface area (Å²) in [6.07, 6.45) is 1.42. The molecule has 3 rings (SSSR count). The van der Waals surface area contributed by atoms with Gasteiger partial charge in [0.2, 0.25) is 11.5 Å². The Morgan fingerprint density at radius 3 is 2.26 bits per heavy atom. The van der Waals surface area contributed by atoms with Gasteiger partial charge in [-0.3, -0.25) is 14.4 Å². The highest BCUT2D eigenvalue weighted by molar-refractivity contribution is 5.94. The highest BCUT2D eigenvalue weighted by Crippen LogP contribution is 2.31. The van der Waals surface area contributed by atoms with Crippen molar-refractivity contribution < 1.29 is 14.1 Å². The fourth-order valence-corrected chi connectivity index (χ4v) is 3.72. The molecule has 1 fully saturated rings. The van der Waals surface area contributed by atoms with E-state index in [4.69, 9.17) is 4.52 Å². The second-order valence-electron chi connectivity index (χ2n) is 7.35. The molecule has 0 atom stereocenters. The lowest BCUT2D eigenvalue weighted by Gasteiger charge is -2.38. The summed E-state index contributed by atoms with van der Waals surface area (Å²) in [4.78, 5) is 42.8. The maximum Gasteiger partial charge on any atom is 0.255 e. The van der Waals surface area contributed by atoms with Crippen LogP contribution in [0.2, 0.25) is 0 Å². The molecule has 0 aromatic carbocycles. The Labute approximate surface area is 157 Å². The average molecular weight is 372 g/mol. The van der Waals surface area contributed by atoms with E-state index in [-0.39, 0.29) is 17.4 Å². The number of nitrogens with one attached hydrogen (secondary N) is 1. The van der Waals surface area contributed by atoms with Gasteiger partial charge in [-0.25, -0.2) is 0 Å². The van der Waals surface area contributed by atoms with Gasteiger partial charge in [0.05, 0.1) is 16.7 Å². The first-order valence-corrected chi connectivity index (χ1v) is 8.92. The largest absolute Gasteiger partial charge is 0.361 e. The van der Waals surface area contributed by atoms with Crippen LogP contribution < -0.4 is 5.56 Å². The van der Waals surface area contributed by atoms with Crippen LogP contribution in [0.1, 0.15) is 41.2 Å². The minimum atomic E-state index is -0.751. The van der Waals surface area contributed by atoms with Gasteiger partial charge in [-0.05, 0) is 33.8 Å². The molecular weight excluding hydrogens is 348 g/mol. The molecule has 0 bridgehead atoms. The van der Waals surface area contributed by atoms with Crippen molar-refractivity contribution in [2.45, 2.75) is 33.1 Å². The summed E-state index contributed by atoms with van der Waals surface area (Å²) in [5, 5.41) is 3.96. The first-order valence-electron chi connectivity index (χ1n) is 8.92. The fourth-order valence-electron chi connectivity index (χ4n) is 3.72. The number of rotatable bonds is 3. The molecule has 0 unspecified atom stereocenters. The Hall–Kier alpha value is -2.90. The number of pyridine rings is 1. The van der Waals surface area contributed by atoms with Gasteiger partial charge in [0.15, 0.2) is 0 Å². The third-order valence-electron chi connectivity index (χ3n) is 5.08. The molecule has 1 saturated heterocycles. The van der Waals surface area contributed by atoms with Gasteiger partial charge in [-0.1, -0.05) is 5.16 Å². The summed E-state index contributed by atoms with van der Waals surface area (Å²) >= 11 is 0. The number of hydrogen-bond donors (Lipinski definition) is 1. The molecule has 0 spiro atoms. The van der Waals surface area contributed by atoms with Gasteiger partial charge in [-0.2, -0.15) is 0 Å². The number of H-pyrrole nitrogens is 1. The first kappa shape index (κ1) is 18.9. The molecule has 1 aliphatic rings. The molecule has 0 radical (unpaired) electrons. The standard InChI is InChI=1S/C19H24N4O4/c1-12-16(13(2)27-21-12)19(3,4)18(26)23-9-7-22(8-10-23)17(25)14-5-6-15(24)20-11-14/h5-6,11H,7-10H2,1-4H3,(H,20,24). The van der Waals surface area contributed by atoms with E-state index in [1.165, 1.54) is 18.3 Å². The lowest BCUT2D eigenvalue weighted by atomic mass is 9.81. The number of nitrogens with zero attached hydrogens (tertiary/aromatic N) is 3. The maximum absolute atomic E-state index is 13.1. The summed E-state index contributed by atoms with van der Waals surface area (Å²) in [5.41, 5.74) is 0.977. The Balaban J connectivity index is 1.68. The SMILES string of the molecule is Cc1noc(C)c1C(C)(C)C(=O)N1CCN(C(=O)c2ccc(=O)[nH]c2)CC1. The molecule has 3 heterocycles. The quantitative estimate of drug-likeness (QED) is 0.874. The molecule has 2 amide bonds. The lowest BCUT2D eigenvalue weighted by molar-refractivity contribution is -0.137. The summed E-state index contributed by atoms with van der Waals surface area (Å²) < 4.78 is 5.23. The first-order chi connectivity index (χ1) is 12.7. The maximum atomic E-state index is 13.1. The van der Waals surface area contributed by atoms with Crippen LogP contribution in [0.5, 0.6) is 0 Å². The Morgan fingerprint density at radius 1 is 1.11 bits per heavy atom. The van der Waals surface area contributed by atoms with Crippen molar-refractivity contribution in [3.05, 3.63) is 51.3 Å². The second-order valence-corrected chi connectivity index (χ2v) is 7.35.